The Morgan fingerprint density at radius 1 is 1.26 bits per heavy atom. The lowest BCUT2D eigenvalue weighted by atomic mass is 9.95. The number of imidazole rings is 1. The second-order valence-electron chi connectivity index (χ2n) is 5.86. The van der Waals surface area contributed by atoms with Crippen molar-refractivity contribution in [1.82, 2.24) is 14.5 Å². The first kappa shape index (κ1) is 12.9. The quantitative estimate of drug-likeness (QED) is 0.814. The van der Waals surface area contributed by atoms with E-state index in [4.69, 9.17) is 0 Å². The number of carbonyl (C=O) groups excluding carboxylic acids is 1. The van der Waals surface area contributed by atoms with E-state index in [-0.39, 0.29) is 0 Å². The number of aromatic nitrogens is 2. The molecule has 4 nitrogen and oxygen atoms in total. The van der Waals surface area contributed by atoms with E-state index in [0.717, 1.165) is 38.8 Å². The van der Waals surface area contributed by atoms with Gasteiger partial charge in [-0.2, -0.15) is 0 Å². The zero-order chi connectivity index (χ0) is 13.1. The molecule has 4 heteroatoms. The highest BCUT2D eigenvalue weighted by atomic mass is 16.1. The molecule has 19 heavy (non-hydrogen) atoms. The Labute approximate surface area is 114 Å². The zero-order valence-corrected chi connectivity index (χ0v) is 11.5. The molecular weight excluding hydrogens is 238 g/mol. The van der Waals surface area contributed by atoms with E-state index in [2.05, 4.69) is 14.5 Å². The number of likely N-dealkylation sites (tertiary alicyclic amines) is 1. The van der Waals surface area contributed by atoms with Crippen LogP contribution in [0.4, 0.5) is 0 Å². The largest absolute Gasteiger partial charge is 0.337 e. The minimum Gasteiger partial charge on any atom is -0.337 e. The van der Waals surface area contributed by atoms with Crippen LogP contribution in [0.1, 0.15) is 38.5 Å². The summed E-state index contributed by atoms with van der Waals surface area (Å²) in [6.07, 6.45) is 12.4. The molecule has 0 N–H and O–H groups in total. The molecule has 0 bridgehead atoms. The van der Waals surface area contributed by atoms with Crippen LogP contribution in [0.15, 0.2) is 18.7 Å². The Bertz CT molecular complexity index is 415. The zero-order valence-electron chi connectivity index (χ0n) is 11.5. The molecule has 3 rings (SSSR count). The monoisotopic (exact) mass is 261 g/mol. The third-order valence-electron chi connectivity index (χ3n) is 4.65. The van der Waals surface area contributed by atoms with Crippen LogP contribution in [-0.4, -0.2) is 39.4 Å². The minimum absolute atomic E-state index is 0.343. The molecule has 2 fully saturated rings. The van der Waals surface area contributed by atoms with Gasteiger partial charge in [0.25, 0.3) is 0 Å². The lowest BCUT2D eigenvalue weighted by Gasteiger charge is -2.28. The topological polar surface area (TPSA) is 38.1 Å². The van der Waals surface area contributed by atoms with Crippen molar-refractivity contribution < 1.29 is 4.79 Å². The van der Waals surface area contributed by atoms with Gasteiger partial charge in [0, 0.05) is 43.9 Å². The lowest BCUT2D eigenvalue weighted by Crippen LogP contribution is -2.38. The summed E-state index contributed by atoms with van der Waals surface area (Å²) in [7, 11) is 0. The number of carbonyl (C=O) groups is 1. The maximum atomic E-state index is 11.9. The summed E-state index contributed by atoms with van der Waals surface area (Å²) in [5.41, 5.74) is 0. The highest BCUT2D eigenvalue weighted by molar-refractivity contribution is 5.83. The fourth-order valence-corrected chi connectivity index (χ4v) is 3.71. The Hall–Kier alpha value is -1.16. The summed E-state index contributed by atoms with van der Waals surface area (Å²) in [5.74, 6) is 0.863. The number of nitrogens with zero attached hydrogens (tertiary/aromatic N) is 3. The summed E-state index contributed by atoms with van der Waals surface area (Å²) < 4.78 is 2.13. The summed E-state index contributed by atoms with van der Waals surface area (Å²) in [6.45, 7) is 3.33. The Morgan fingerprint density at radius 3 is 2.95 bits per heavy atom. The highest BCUT2D eigenvalue weighted by Crippen LogP contribution is 2.33. The molecule has 2 aliphatic rings. The van der Waals surface area contributed by atoms with Gasteiger partial charge in [0.15, 0.2) is 0 Å². The molecule has 2 heterocycles. The van der Waals surface area contributed by atoms with Crippen molar-refractivity contribution in [2.24, 2.45) is 5.92 Å². The Kier molecular flexibility index (Phi) is 3.97. The smallest absolute Gasteiger partial charge is 0.137 e. The van der Waals surface area contributed by atoms with Crippen molar-refractivity contribution in [2.75, 3.05) is 13.1 Å². The number of ketones is 1. The molecule has 1 aliphatic heterocycles. The number of Topliss-reactive ketones (excluding diaryl/α,β-unsaturated/α-hetero) is 1. The van der Waals surface area contributed by atoms with Gasteiger partial charge < -0.3 is 4.57 Å². The SMILES string of the molecule is O=C1CCCC1C1CCCN1CCCn1ccnc1. The van der Waals surface area contributed by atoms with E-state index in [1.807, 2.05) is 18.7 Å². The molecule has 0 aromatic carbocycles. The van der Waals surface area contributed by atoms with Crippen LogP contribution in [-0.2, 0) is 11.3 Å². The summed E-state index contributed by atoms with van der Waals surface area (Å²) >= 11 is 0. The van der Waals surface area contributed by atoms with Crippen LogP contribution in [0, 0.1) is 5.92 Å². The molecule has 0 spiro atoms. The molecule has 1 aromatic rings. The Morgan fingerprint density at radius 2 is 2.21 bits per heavy atom. The van der Waals surface area contributed by atoms with Gasteiger partial charge in [-0.15, -0.1) is 0 Å². The molecule has 2 atom stereocenters. The second kappa shape index (κ2) is 5.87. The number of aryl methyl sites for hydroxylation is 1. The average Bonchev–Trinajstić information content (AvgIpc) is 3.10. The fraction of sp³-hybridized carbons (Fsp3) is 0.733. The standard InChI is InChI=1S/C15H23N3O/c19-15-6-1-4-13(15)14-5-2-9-18(14)10-3-8-17-11-7-16-12-17/h7,11-14H,1-6,8-10H2. The Balaban J connectivity index is 1.50. The first-order valence-electron chi connectivity index (χ1n) is 7.57. The van der Waals surface area contributed by atoms with Crippen LogP contribution in [0.2, 0.25) is 0 Å². The second-order valence-corrected chi connectivity index (χ2v) is 5.86. The predicted molar refractivity (Wildman–Crippen MR) is 73.8 cm³/mol. The molecule has 104 valence electrons. The summed E-state index contributed by atoms with van der Waals surface area (Å²) in [6, 6.07) is 0.540. The van der Waals surface area contributed by atoms with Crippen molar-refractivity contribution in [1.29, 1.82) is 0 Å². The van der Waals surface area contributed by atoms with E-state index in [1.54, 1.807) is 0 Å². The number of hydrogen-bond donors (Lipinski definition) is 0. The van der Waals surface area contributed by atoms with Crippen LogP contribution in [0.5, 0.6) is 0 Å². The van der Waals surface area contributed by atoms with Gasteiger partial charge >= 0.3 is 0 Å². The third-order valence-corrected chi connectivity index (χ3v) is 4.65. The fourth-order valence-electron chi connectivity index (χ4n) is 3.71. The molecule has 1 saturated heterocycles. The number of hydrogen-bond acceptors (Lipinski definition) is 3. The van der Waals surface area contributed by atoms with Gasteiger partial charge in [-0.25, -0.2) is 4.98 Å². The van der Waals surface area contributed by atoms with Gasteiger partial charge in [0.05, 0.1) is 6.33 Å². The van der Waals surface area contributed by atoms with Crippen LogP contribution in [0.3, 0.4) is 0 Å². The van der Waals surface area contributed by atoms with Crippen LogP contribution < -0.4 is 0 Å². The normalized spacial score (nSPS) is 28.3. The van der Waals surface area contributed by atoms with E-state index in [1.165, 1.54) is 19.4 Å². The van der Waals surface area contributed by atoms with Crippen molar-refractivity contribution in [2.45, 2.75) is 51.1 Å². The van der Waals surface area contributed by atoms with E-state index in [0.29, 0.717) is 17.7 Å². The molecule has 0 radical (unpaired) electrons. The van der Waals surface area contributed by atoms with E-state index < -0.39 is 0 Å². The molecule has 1 saturated carbocycles. The van der Waals surface area contributed by atoms with Crippen molar-refractivity contribution in [3.63, 3.8) is 0 Å². The maximum absolute atomic E-state index is 11.9. The summed E-state index contributed by atoms with van der Waals surface area (Å²) in [4.78, 5) is 18.6. The maximum Gasteiger partial charge on any atom is 0.137 e. The first-order valence-corrected chi connectivity index (χ1v) is 7.57. The van der Waals surface area contributed by atoms with Gasteiger partial charge in [-0.05, 0) is 38.6 Å². The molecule has 2 unspecified atom stereocenters. The van der Waals surface area contributed by atoms with Crippen molar-refractivity contribution >= 4 is 5.78 Å². The van der Waals surface area contributed by atoms with Crippen molar-refractivity contribution in [3.05, 3.63) is 18.7 Å². The van der Waals surface area contributed by atoms with Crippen LogP contribution in [0.25, 0.3) is 0 Å². The molecule has 0 amide bonds. The van der Waals surface area contributed by atoms with Gasteiger partial charge in [-0.3, -0.25) is 9.69 Å². The third kappa shape index (κ3) is 2.89. The first-order chi connectivity index (χ1) is 9.34. The lowest BCUT2D eigenvalue weighted by molar-refractivity contribution is -0.122. The molecular formula is C15H23N3O. The van der Waals surface area contributed by atoms with E-state index >= 15 is 0 Å². The molecule has 1 aliphatic carbocycles. The van der Waals surface area contributed by atoms with Crippen molar-refractivity contribution in [3.8, 4) is 0 Å². The summed E-state index contributed by atoms with van der Waals surface area (Å²) in [5, 5.41) is 0. The van der Waals surface area contributed by atoms with Crippen LogP contribution >= 0.6 is 0 Å². The van der Waals surface area contributed by atoms with Gasteiger partial charge in [0.1, 0.15) is 5.78 Å². The number of rotatable bonds is 5. The highest BCUT2D eigenvalue weighted by Gasteiger charge is 2.37. The molecule has 1 aromatic heterocycles. The van der Waals surface area contributed by atoms with Gasteiger partial charge in [-0.1, -0.05) is 0 Å². The van der Waals surface area contributed by atoms with Gasteiger partial charge in [0.2, 0.25) is 0 Å². The predicted octanol–water partition coefficient (Wildman–Crippen LogP) is 2.11. The average molecular weight is 261 g/mol. The minimum atomic E-state index is 0.343. The van der Waals surface area contributed by atoms with E-state index in [9.17, 15) is 4.79 Å².